The van der Waals surface area contributed by atoms with Gasteiger partial charge in [-0.05, 0) is 24.3 Å². The van der Waals surface area contributed by atoms with Crippen LogP contribution in [0.1, 0.15) is 0 Å². The van der Waals surface area contributed by atoms with Crippen molar-refractivity contribution in [2.45, 2.75) is 0 Å². The van der Waals surface area contributed by atoms with Gasteiger partial charge in [0.1, 0.15) is 16.1 Å². The summed E-state index contributed by atoms with van der Waals surface area (Å²) in [5.41, 5.74) is 1.99. The molecular formula is C12H6Cl2FN3. The average molecular weight is 282 g/mol. The zero-order valence-corrected chi connectivity index (χ0v) is 10.5. The summed E-state index contributed by atoms with van der Waals surface area (Å²) in [6.07, 6.45) is 0. The fourth-order valence-corrected chi connectivity index (χ4v) is 2.14. The summed E-state index contributed by atoms with van der Waals surface area (Å²) < 4.78 is 14.3. The molecule has 0 saturated carbocycles. The highest BCUT2D eigenvalue weighted by molar-refractivity contribution is 6.33. The number of hydrogen-bond donors (Lipinski definition) is 0. The van der Waals surface area contributed by atoms with Crippen LogP contribution in [0, 0.1) is 5.82 Å². The van der Waals surface area contributed by atoms with E-state index in [9.17, 15) is 4.39 Å². The summed E-state index contributed by atoms with van der Waals surface area (Å²) in [6, 6.07) is 9.30. The van der Waals surface area contributed by atoms with Crippen molar-refractivity contribution in [3.8, 4) is 11.3 Å². The van der Waals surface area contributed by atoms with E-state index in [1.165, 1.54) is 22.7 Å². The van der Waals surface area contributed by atoms with Crippen molar-refractivity contribution >= 4 is 28.8 Å². The lowest BCUT2D eigenvalue weighted by atomic mass is 10.1. The standard InChI is InChI=1S/C12H6Cl2FN3/c13-10-6-11(14)18-12(16-10)5-9(17-18)7-1-3-8(15)4-2-7/h1-6H. The number of benzene rings is 1. The fourth-order valence-electron chi connectivity index (χ4n) is 1.67. The van der Waals surface area contributed by atoms with Crippen LogP contribution in [0.15, 0.2) is 36.4 Å². The van der Waals surface area contributed by atoms with E-state index in [-0.39, 0.29) is 5.82 Å². The lowest BCUT2D eigenvalue weighted by molar-refractivity contribution is 0.628. The zero-order valence-electron chi connectivity index (χ0n) is 8.94. The second-order valence-corrected chi connectivity index (χ2v) is 4.48. The largest absolute Gasteiger partial charge is 0.217 e. The smallest absolute Gasteiger partial charge is 0.159 e. The molecule has 0 saturated heterocycles. The van der Waals surface area contributed by atoms with Crippen LogP contribution in [0.3, 0.4) is 0 Å². The Hall–Kier alpha value is -1.65. The van der Waals surface area contributed by atoms with Crippen molar-refractivity contribution in [2.24, 2.45) is 0 Å². The van der Waals surface area contributed by atoms with Crippen LogP contribution < -0.4 is 0 Å². The Morgan fingerprint density at radius 2 is 1.78 bits per heavy atom. The van der Waals surface area contributed by atoms with Crippen LogP contribution in [0.25, 0.3) is 16.9 Å². The molecule has 0 atom stereocenters. The van der Waals surface area contributed by atoms with E-state index in [1.54, 1.807) is 18.2 Å². The van der Waals surface area contributed by atoms with Gasteiger partial charge in [-0.25, -0.2) is 13.9 Å². The van der Waals surface area contributed by atoms with E-state index >= 15 is 0 Å². The second kappa shape index (κ2) is 4.23. The first-order chi connectivity index (χ1) is 8.63. The normalized spacial score (nSPS) is 11.1. The third-order valence-corrected chi connectivity index (χ3v) is 2.96. The second-order valence-electron chi connectivity index (χ2n) is 3.71. The molecule has 0 aliphatic carbocycles. The first-order valence-electron chi connectivity index (χ1n) is 5.11. The SMILES string of the molecule is Fc1ccc(-c2cc3nc(Cl)cc(Cl)n3n2)cc1. The molecule has 90 valence electrons. The number of nitrogens with zero attached hydrogens (tertiary/aromatic N) is 3. The molecule has 1 aromatic carbocycles. The van der Waals surface area contributed by atoms with Crippen molar-refractivity contribution < 1.29 is 4.39 Å². The summed E-state index contributed by atoms with van der Waals surface area (Å²) in [5.74, 6) is -0.290. The van der Waals surface area contributed by atoms with Crippen LogP contribution in [0.2, 0.25) is 10.3 Å². The van der Waals surface area contributed by atoms with Gasteiger partial charge in [-0.15, -0.1) is 0 Å². The Kier molecular flexibility index (Phi) is 2.69. The van der Waals surface area contributed by atoms with E-state index < -0.39 is 0 Å². The molecule has 0 N–H and O–H groups in total. The van der Waals surface area contributed by atoms with Crippen molar-refractivity contribution in [1.29, 1.82) is 0 Å². The van der Waals surface area contributed by atoms with Crippen LogP contribution in [-0.2, 0) is 0 Å². The lowest BCUT2D eigenvalue weighted by Crippen LogP contribution is -1.92. The highest BCUT2D eigenvalue weighted by atomic mass is 35.5. The summed E-state index contributed by atoms with van der Waals surface area (Å²) >= 11 is 11.8. The van der Waals surface area contributed by atoms with Gasteiger partial charge in [0, 0.05) is 17.7 Å². The number of aromatic nitrogens is 3. The van der Waals surface area contributed by atoms with E-state index in [0.717, 1.165) is 5.56 Å². The van der Waals surface area contributed by atoms with Gasteiger partial charge in [0.25, 0.3) is 0 Å². The minimum absolute atomic E-state index is 0.290. The van der Waals surface area contributed by atoms with Crippen molar-refractivity contribution in [3.05, 3.63) is 52.5 Å². The average Bonchev–Trinajstić information content (AvgIpc) is 2.74. The third kappa shape index (κ3) is 1.94. The van der Waals surface area contributed by atoms with Gasteiger partial charge in [0.2, 0.25) is 0 Å². The number of hydrogen-bond acceptors (Lipinski definition) is 2. The Balaban J connectivity index is 2.19. The Morgan fingerprint density at radius 1 is 1.06 bits per heavy atom. The van der Waals surface area contributed by atoms with Crippen LogP contribution in [-0.4, -0.2) is 14.6 Å². The van der Waals surface area contributed by atoms with Gasteiger partial charge in [-0.3, -0.25) is 0 Å². The predicted octanol–water partition coefficient (Wildman–Crippen LogP) is 3.84. The summed E-state index contributed by atoms with van der Waals surface area (Å²) in [6.45, 7) is 0. The molecule has 0 bridgehead atoms. The molecule has 3 nitrogen and oxygen atoms in total. The maximum Gasteiger partial charge on any atom is 0.159 e. The molecular weight excluding hydrogens is 276 g/mol. The highest BCUT2D eigenvalue weighted by Gasteiger charge is 2.09. The minimum Gasteiger partial charge on any atom is -0.217 e. The Labute approximate surface area is 112 Å². The maximum atomic E-state index is 12.8. The monoisotopic (exact) mass is 281 g/mol. The first kappa shape index (κ1) is 11.4. The Morgan fingerprint density at radius 3 is 2.50 bits per heavy atom. The molecule has 0 spiro atoms. The van der Waals surface area contributed by atoms with Crippen molar-refractivity contribution in [1.82, 2.24) is 14.6 Å². The zero-order chi connectivity index (χ0) is 12.7. The van der Waals surface area contributed by atoms with Gasteiger partial charge < -0.3 is 0 Å². The van der Waals surface area contributed by atoms with E-state index in [4.69, 9.17) is 23.2 Å². The molecule has 0 fully saturated rings. The molecule has 0 radical (unpaired) electrons. The molecule has 3 rings (SSSR count). The van der Waals surface area contributed by atoms with Gasteiger partial charge in [-0.2, -0.15) is 5.10 Å². The van der Waals surface area contributed by atoms with E-state index in [0.29, 0.717) is 21.6 Å². The van der Waals surface area contributed by atoms with E-state index in [2.05, 4.69) is 10.1 Å². The first-order valence-corrected chi connectivity index (χ1v) is 5.87. The lowest BCUT2D eigenvalue weighted by Gasteiger charge is -1.96. The third-order valence-electron chi connectivity index (χ3n) is 2.49. The van der Waals surface area contributed by atoms with Crippen LogP contribution >= 0.6 is 23.2 Å². The molecule has 2 aromatic heterocycles. The molecule has 6 heteroatoms. The number of halogens is 3. The van der Waals surface area contributed by atoms with E-state index in [1.807, 2.05) is 0 Å². The number of fused-ring (bicyclic) bond motifs is 1. The van der Waals surface area contributed by atoms with Gasteiger partial charge in [-0.1, -0.05) is 23.2 Å². The summed E-state index contributed by atoms with van der Waals surface area (Å²) in [7, 11) is 0. The summed E-state index contributed by atoms with van der Waals surface area (Å²) in [5, 5.41) is 4.97. The van der Waals surface area contributed by atoms with Gasteiger partial charge in [0.15, 0.2) is 5.65 Å². The van der Waals surface area contributed by atoms with Crippen LogP contribution in [0.5, 0.6) is 0 Å². The maximum absolute atomic E-state index is 12.8. The predicted molar refractivity (Wildman–Crippen MR) is 68.4 cm³/mol. The van der Waals surface area contributed by atoms with Crippen molar-refractivity contribution in [3.63, 3.8) is 0 Å². The topological polar surface area (TPSA) is 30.2 Å². The van der Waals surface area contributed by atoms with Crippen molar-refractivity contribution in [2.75, 3.05) is 0 Å². The molecule has 0 aliphatic rings. The molecule has 0 aliphatic heterocycles. The Bertz CT molecular complexity index is 722. The molecule has 2 heterocycles. The molecule has 3 aromatic rings. The molecule has 18 heavy (non-hydrogen) atoms. The highest BCUT2D eigenvalue weighted by Crippen LogP contribution is 2.23. The minimum atomic E-state index is -0.290. The fraction of sp³-hybridized carbons (Fsp3) is 0. The summed E-state index contributed by atoms with van der Waals surface area (Å²) in [4.78, 5) is 4.11. The van der Waals surface area contributed by atoms with Gasteiger partial charge >= 0.3 is 0 Å². The number of rotatable bonds is 1. The van der Waals surface area contributed by atoms with Gasteiger partial charge in [0.05, 0.1) is 5.69 Å². The van der Waals surface area contributed by atoms with Crippen LogP contribution in [0.4, 0.5) is 4.39 Å². The quantitative estimate of drug-likeness (QED) is 0.635. The molecule has 0 unspecified atom stereocenters. The molecule has 0 amide bonds.